The van der Waals surface area contributed by atoms with E-state index < -0.39 is 8.80 Å². The zero-order valence-electron chi connectivity index (χ0n) is 16.1. The van der Waals surface area contributed by atoms with Crippen LogP contribution in [0.2, 0.25) is 0 Å². The highest BCUT2D eigenvalue weighted by molar-refractivity contribution is 6.66. The van der Waals surface area contributed by atoms with Crippen LogP contribution in [0, 0.1) is 0 Å². The molecule has 7 heteroatoms. The van der Waals surface area contributed by atoms with Gasteiger partial charge in [-0.25, -0.2) is 0 Å². The first-order chi connectivity index (χ1) is 11.4. The summed E-state index contributed by atoms with van der Waals surface area (Å²) in [7, 11) is -3.34. The van der Waals surface area contributed by atoms with E-state index in [0.717, 1.165) is 55.7 Å². The van der Waals surface area contributed by atoms with Crippen molar-refractivity contribution in [2.24, 2.45) is 15.5 Å². The monoisotopic (exact) mass is 355 g/mol. The Hall–Kier alpha value is -1.63. The Morgan fingerprint density at radius 3 is 1.25 bits per heavy atom. The maximum absolute atomic E-state index is 5.60. The van der Waals surface area contributed by atoms with Crippen LogP contribution in [0.15, 0.2) is 27.7 Å². The predicted octanol–water partition coefficient (Wildman–Crippen LogP) is 5.23. The molecule has 138 valence electrons. The van der Waals surface area contributed by atoms with Crippen molar-refractivity contribution in [3.8, 4) is 0 Å². The fourth-order valence-corrected chi connectivity index (χ4v) is 2.98. The van der Waals surface area contributed by atoms with Crippen LogP contribution in [0.5, 0.6) is 0 Å². The van der Waals surface area contributed by atoms with Crippen LogP contribution in [0.4, 0.5) is 0 Å². The Labute approximate surface area is 148 Å². The molecule has 0 aliphatic heterocycles. The van der Waals surface area contributed by atoms with E-state index in [4.69, 9.17) is 13.6 Å². The lowest BCUT2D eigenvalue weighted by Crippen LogP contribution is -2.40. The first-order valence-electron chi connectivity index (χ1n) is 8.71. The molecule has 0 N–H and O–H groups in total. The van der Waals surface area contributed by atoms with Gasteiger partial charge in [0.2, 0.25) is 0 Å². The zero-order chi connectivity index (χ0) is 18.4. The molecule has 0 heterocycles. The molecule has 0 aliphatic carbocycles. The van der Waals surface area contributed by atoms with E-state index >= 15 is 0 Å². The first kappa shape index (κ1) is 22.4. The summed E-state index contributed by atoms with van der Waals surface area (Å²) in [6, 6.07) is 0. The zero-order valence-corrected chi connectivity index (χ0v) is 17.1. The third-order valence-electron chi connectivity index (χ3n) is 3.07. The highest BCUT2D eigenvalue weighted by Crippen LogP contribution is 2.15. The van der Waals surface area contributed by atoms with Gasteiger partial charge in [0.1, 0.15) is 0 Å². The average molecular weight is 356 g/mol. The van der Waals surface area contributed by atoms with Gasteiger partial charge in [-0.2, -0.15) is 0 Å². The van der Waals surface area contributed by atoms with Crippen LogP contribution in [0.1, 0.15) is 80.1 Å². The van der Waals surface area contributed by atoms with Crippen LogP contribution in [-0.4, -0.2) is 25.9 Å². The lowest BCUT2D eigenvalue weighted by Gasteiger charge is -2.19. The second-order valence-corrected chi connectivity index (χ2v) is 7.97. The number of hydrogen-bond donors (Lipinski definition) is 0. The van der Waals surface area contributed by atoms with Gasteiger partial charge in [0.25, 0.3) is 0 Å². The Kier molecular flexibility index (Phi) is 11.9. The standard InChI is InChI=1S/C17H33N3O3Si/c1-8-12-15(5)18-21-24(11-4,22-19-16(6)13-9-2)23-20-17(7)14-10-3/h11H,4,8-10,12-14H2,1-3,5-7H3. The molecule has 0 aromatic rings. The van der Waals surface area contributed by atoms with Crippen LogP contribution in [-0.2, 0) is 13.6 Å². The molecule has 24 heavy (non-hydrogen) atoms. The summed E-state index contributed by atoms with van der Waals surface area (Å²) in [6.07, 6.45) is 5.51. The van der Waals surface area contributed by atoms with E-state index in [-0.39, 0.29) is 0 Å². The molecule has 0 spiro atoms. The van der Waals surface area contributed by atoms with Crippen molar-refractivity contribution in [3.63, 3.8) is 0 Å². The Morgan fingerprint density at radius 1 is 0.750 bits per heavy atom. The van der Waals surface area contributed by atoms with Gasteiger partial charge < -0.3 is 13.6 Å². The summed E-state index contributed by atoms with van der Waals surface area (Å²) in [5.74, 6) is 0. The van der Waals surface area contributed by atoms with Gasteiger partial charge in [0.15, 0.2) is 0 Å². The van der Waals surface area contributed by atoms with Gasteiger partial charge in [-0.3, -0.25) is 0 Å². The minimum atomic E-state index is -3.34. The highest BCUT2D eigenvalue weighted by atomic mass is 28.4. The molecule has 0 fully saturated rings. The summed E-state index contributed by atoms with van der Waals surface area (Å²) >= 11 is 0. The van der Waals surface area contributed by atoms with Crippen molar-refractivity contribution in [1.82, 2.24) is 0 Å². The van der Waals surface area contributed by atoms with Crippen molar-refractivity contribution in [2.45, 2.75) is 80.1 Å². The van der Waals surface area contributed by atoms with Crippen LogP contribution in [0.25, 0.3) is 0 Å². The molecule has 0 atom stereocenters. The number of rotatable bonds is 13. The van der Waals surface area contributed by atoms with E-state index in [0.29, 0.717) is 0 Å². The SMILES string of the molecule is C=C[Si](ON=C(C)CCC)(ON=C(C)CCC)ON=C(C)CCC. The highest BCUT2D eigenvalue weighted by Gasteiger charge is 2.48. The molecule has 0 aromatic heterocycles. The minimum Gasteiger partial charge on any atom is -0.370 e. The number of nitrogens with zero attached hydrogens (tertiary/aromatic N) is 3. The molecule has 0 radical (unpaired) electrons. The van der Waals surface area contributed by atoms with Crippen LogP contribution < -0.4 is 0 Å². The van der Waals surface area contributed by atoms with E-state index in [1.807, 2.05) is 20.8 Å². The smallest absolute Gasteiger partial charge is 0.370 e. The van der Waals surface area contributed by atoms with E-state index in [1.54, 1.807) is 0 Å². The quantitative estimate of drug-likeness (QED) is 0.258. The Morgan fingerprint density at radius 2 is 1.04 bits per heavy atom. The third-order valence-corrected chi connectivity index (χ3v) is 4.61. The Bertz CT molecular complexity index is 402. The van der Waals surface area contributed by atoms with E-state index in [1.165, 1.54) is 5.70 Å². The molecule has 0 rings (SSSR count). The normalized spacial score (nSPS) is 15.7. The maximum atomic E-state index is 5.60. The Balaban J connectivity index is 5.26. The fourth-order valence-electron chi connectivity index (χ4n) is 1.81. The lowest BCUT2D eigenvalue weighted by molar-refractivity contribution is 0.0784. The lowest BCUT2D eigenvalue weighted by atomic mass is 10.2. The molecule has 0 aliphatic rings. The van der Waals surface area contributed by atoms with Crippen molar-refractivity contribution in [2.75, 3.05) is 0 Å². The van der Waals surface area contributed by atoms with Crippen molar-refractivity contribution >= 4 is 25.9 Å². The summed E-state index contributed by atoms with van der Waals surface area (Å²) in [6.45, 7) is 15.8. The fraction of sp³-hybridized carbons (Fsp3) is 0.706. The summed E-state index contributed by atoms with van der Waals surface area (Å²) in [5.41, 5.74) is 4.10. The molecular formula is C17H33N3O3Si. The average Bonchev–Trinajstić information content (AvgIpc) is 2.55. The van der Waals surface area contributed by atoms with E-state index in [2.05, 4.69) is 42.8 Å². The second-order valence-electron chi connectivity index (χ2n) is 5.81. The van der Waals surface area contributed by atoms with Crippen LogP contribution in [0.3, 0.4) is 0 Å². The molecule has 0 saturated carbocycles. The molecule has 0 saturated heterocycles. The number of hydrogen-bond acceptors (Lipinski definition) is 6. The van der Waals surface area contributed by atoms with Gasteiger partial charge in [-0.15, -0.1) is 15.5 Å². The molecule has 0 amide bonds. The predicted molar refractivity (Wildman–Crippen MR) is 103 cm³/mol. The minimum absolute atomic E-state index is 0.845. The molecule has 6 nitrogen and oxygen atoms in total. The first-order valence-corrected chi connectivity index (χ1v) is 10.5. The van der Waals surface area contributed by atoms with Crippen molar-refractivity contribution in [1.29, 1.82) is 0 Å². The largest absolute Gasteiger partial charge is 0.791 e. The molecule has 0 aromatic carbocycles. The summed E-state index contributed by atoms with van der Waals surface area (Å²) in [4.78, 5) is 0. The number of oxime groups is 3. The summed E-state index contributed by atoms with van der Waals surface area (Å²) < 4.78 is 16.8. The third kappa shape index (κ3) is 9.49. The van der Waals surface area contributed by atoms with Gasteiger partial charge in [0.05, 0.1) is 17.1 Å². The van der Waals surface area contributed by atoms with Crippen molar-refractivity contribution < 1.29 is 13.6 Å². The van der Waals surface area contributed by atoms with Gasteiger partial charge >= 0.3 is 8.80 Å². The van der Waals surface area contributed by atoms with Crippen molar-refractivity contribution in [3.05, 3.63) is 12.3 Å². The van der Waals surface area contributed by atoms with Gasteiger partial charge in [0, 0.05) is 5.70 Å². The molecule has 0 unspecified atom stereocenters. The van der Waals surface area contributed by atoms with Crippen LogP contribution >= 0.6 is 0 Å². The second kappa shape index (κ2) is 12.7. The molecular weight excluding hydrogens is 322 g/mol. The summed E-state index contributed by atoms with van der Waals surface area (Å²) in [5, 5.41) is 12.4. The molecule has 0 bridgehead atoms. The van der Waals surface area contributed by atoms with Gasteiger partial charge in [-0.05, 0) is 40.0 Å². The maximum Gasteiger partial charge on any atom is 0.791 e. The topological polar surface area (TPSA) is 64.8 Å². The van der Waals surface area contributed by atoms with E-state index in [9.17, 15) is 0 Å². The van der Waals surface area contributed by atoms with Gasteiger partial charge in [-0.1, -0.05) is 46.6 Å².